The van der Waals surface area contributed by atoms with Gasteiger partial charge in [-0.25, -0.2) is 9.69 Å². The van der Waals surface area contributed by atoms with Crippen LogP contribution < -0.4 is 15.4 Å². The summed E-state index contributed by atoms with van der Waals surface area (Å²) in [6.07, 6.45) is 1.53. The first-order valence-corrected chi connectivity index (χ1v) is 12.4. The lowest BCUT2D eigenvalue weighted by atomic mass is 10.0. The molecule has 40 heavy (non-hydrogen) atoms. The lowest BCUT2D eigenvalue weighted by Gasteiger charge is -2.13. The number of nitro benzene ring substituents is 1. The molecule has 10 nitrogen and oxygen atoms in total. The summed E-state index contributed by atoms with van der Waals surface area (Å²) < 4.78 is 6.05. The number of nitrogens with zero attached hydrogens (tertiary/aromatic N) is 2. The second kappa shape index (κ2) is 11.1. The number of hydrogen-bond acceptors (Lipinski definition) is 6. The number of benzene rings is 4. The predicted molar refractivity (Wildman–Crippen MR) is 149 cm³/mol. The van der Waals surface area contributed by atoms with Gasteiger partial charge in [-0.2, -0.15) is 0 Å². The number of carbonyl (C=O) groups is 3. The van der Waals surface area contributed by atoms with Gasteiger partial charge in [-0.15, -0.1) is 0 Å². The third-order valence-electron chi connectivity index (χ3n) is 6.36. The highest BCUT2D eigenvalue weighted by molar-refractivity contribution is 6.16. The van der Waals surface area contributed by atoms with Gasteiger partial charge in [0.05, 0.1) is 4.92 Å². The summed E-state index contributed by atoms with van der Waals surface area (Å²) in [7, 11) is 0. The van der Waals surface area contributed by atoms with E-state index in [4.69, 9.17) is 4.74 Å². The number of nitro groups is 1. The van der Waals surface area contributed by atoms with Gasteiger partial charge in [0.1, 0.15) is 24.6 Å². The van der Waals surface area contributed by atoms with Crippen LogP contribution in [0.3, 0.4) is 0 Å². The Bertz CT molecular complexity index is 1660. The molecule has 0 aromatic heterocycles. The first-order chi connectivity index (χ1) is 19.3. The topological polar surface area (TPSA) is 131 Å². The second-order valence-corrected chi connectivity index (χ2v) is 9.20. The third-order valence-corrected chi connectivity index (χ3v) is 6.36. The van der Waals surface area contributed by atoms with E-state index in [-0.39, 0.29) is 18.0 Å². The molecule has 4 aromatic rings. The summed E-state index contributed by atoms with van der Waals surface area (Å²) in [6.45, 7) is 1.60. The van der Waals surface area contributed by atoms with Crippen LogP contribution in [0.2, 0.25) is 0 Å². The zero-order chi connectivity index (χ0) is 28.2. The molecule has 0 unspecified atom stereocenters. The molecule has 10 heteroatoms. The molecule has 0 aliphatic carbocycles. The first-order valence-electron chi connectivity index (χ1n) is 12.4. The molecule has 5 rings (SSSR count). The highest BCUT2D eigenvalue weighted by Gasteiger charge is 2.35. The van der Waals surface area contributed by atoms with Gasteiger partial charge in [0, 0.05) is 23.4 Å². The van der Waals surface area contributed by atoms with E-state index >= 15 is 0 Å². The molecule has 0 spiro atoms. The Morgan fingerprint density at radius 3 is 2.45 bits per heavy atom. The smallest absolute Gasteiger partial charge is 0.329 e. The molecule has 0 bridgehead atoms. The SMILES string of the molecule is Cc1ccc(NC(=O)CN2C(=O)N/C(=C/c3c(OCc4ccc([N+](=O)[O-])cc4)ccc4ccccc34)C2=O)cc1. The first kappa shape index (κ1) is 26.1. The lowest BCUT2D eigenvalue weighted by Crippen LogP contribution is -2.38. The van der Waals surface area contributed by atoms with Gasteiger partial charge >= 0.3 is 6.03 Å². The number of nitrogens with one attached hydrogen (secondary N) is 2. The normalized spacial score (nSPS) is 13.9. The van der Waals surface area contributed by atoms with Crippen LogP contribution in [0.5, 0.6) is 5.75 Å². The molecule has 0 radical (unpaired) electrons. The summed E-state index contributed by atoms with van der Waals surface area (Å²) in [5.41, 5.74) is 2.86. The van der Waals surface area contributed by atoms with E-state index in [1.54, 1.807) is 30.3 Å². The minimum atomic E-state index is -0.705. The van der Waals surface area contributed by atoms with Crippen LogP contribution in [0, 0.1) is 17.0 Å². The van der Waals surface area contributed by atoms with Crippen LogP contribution in [-0.4, -0.2) is 34.2 Å². The highest BCUT2D eigenvalue weighted by atomic mass is 16.6. The second-order valence-electron chi connectivity index (χ2n) is 9.20. The minimum absolute atomic E-state index is 0.00433. The molecular formula is C30H24N4O6. The number of hydrogen-bond donors (Lipinski definition) is 2. The Labute approximate surface area is 229 Å². The molecule has 4 aromatic carbocycles. The number of ether oxygens (including phenoxy) is 1. The van der Waals surface area contributed by atoms with Crippen LogP contribution >= 0.6 is 0 Å². The van der Waals surface area contributed by atoms with Crippen molar-refractivity contribution in [1.29, 1.82) is 0 Å². The van der Waals surface area contributed by atoms with Crippen LogP contribution in [0.4, 0.5) is 16.2 Å². The van der Waals surface area contributed by atoms with Crippen molar-refractivity contribution in [3.05, 3.63) is 117 Å². The van der Waals surface area contributed by atoms with Gasteiger partial charge in [-0.1, -0.05) is 48.0 Å². The molecule has 0 saturated carbocycles. The fourth-order valence-electron chi connectivity index (χ4n) is 4.27. The molecule has 2 N–H and O–H groups in total. The zero-order valence-corrected chi connectivity index (χ0v) is 21.4. The molecule has 1 heterocycles. The van der Waals surface area contributed by atoms with E-state index in [1.807, 2.05) is 49.4 Å². The minimum Gasteiger partial charge on any atom is -0.488 e. The Morgan fingerprint density at radius 1 is 1.00 bits per heavy atom. The Hall–Kier alpha value is -5.51. The number of imide groups is 1. The Morgan fingerprint density at radius 2 is 1.73 bits per heavy atom. The third kappa shape index (κ3) is 5.65. The average molecular weight is 537 g/mol. The van der Waals surface area contributed by atoms with Crippen LogP contribution in [0.15, 0.2) is 90.6 Å². The van der Waals surface area contributed by atoms with Crippen molar-refractivity contribution in [2.24, 2.45) is 0 Å². The van der Waals surface area contributed by atoms with Gasteiger partial charge in [0.2, 0.25) is 5.91 Å². The lowest BCUT2D eigenvalue weighted by molar-refractivity contribution is -0.384. The largest absolute Gasteiger partial charge is 0.488 e. The van der Waals surface area contributed by atoms with Gasteiger partial charge in [-0.3, -0.25) is 19.7 Å². The monoisotopic (exact) mass is 536 g/mol. The molecule has 0 atom stereocenters. The van der Waals surface area contributed by atoms with E-state index in [0.29, 0.717) is 22.6 Å². The van der Waals surface area contributed by atoms with Gasteiger partial charge < -0.3 is 15.4 Å². The van der Waals surface area contributed by atoms with Crippen molar-refractivity contribution in [2.75, 3.05) is 11.9 Å². The number of anilines is 1. The molecule has 1 aliphatic rings. The fraction of sp³-hybridized carbons (Fsp3) is 0.100. The number of non-ortho nitro benzene ring substituents is 1. The fourth-order valence-corrected chi connectivity index (χ4v) is 4.27. The molecular weight excluding hydrogens is 512 g/mol. The quantitative estimate of drug-likeness (QED) is 0.138. The van der Waals surface area contributed by atoms with Gasteiger partial charge in [-0.05, 0) is 59.7 Å². The van der Waals surface area contributed by atoms with E-state index < -0.39 is 29.3 Å². The Balaban J connectivity index is 1.38. The van der Waals surface area contributed by atoms with Crippen molar-refractivity contribution in [1.82, 2.24) is 10.2 Å². The van der Waals surface area contributed by atoms with Crippen molar-refractivity contribution >= 4 is 46.1 Å². The van der Waals surface area contributed by atoms with Crippen molar-refractivity contribution in [3.8, 4) is 5.75 Å². The maximum atomic E-state index is 13.2. The maximum Gasteiger partial charge on any atom is 0.329 e. The molecule has 1 aliphatic heterocycles. The van der Waals surface area contributed by atoms with Crippen LogP contribution in [0.25, 0.3) is 16.8 Å². The van der Waals surface area contributed by atoms with E-state index in [1.165, 1.54) is 18.2 Å². The highest BCUT2D eigenvalue weighted by Crippen LogP contribution is 2.31. The Kier molecular flexibility index (Phi) is 7.23. The van der Waals surface area contributed by atoms with Crippen molar-refractivity contribution in [3.63, 3.8) is 0 Å². The van der Waals surface area contributed by atoms with Gasteiger partial charge in [0.25, 0.3) is 11.6 Å². The van der Waals surface area contributed by atoms with Gasteiger partial charge in [0.15, 0.2) is 0 Å². The maximum absolute atomic E-state index is 13.2. The van der Waals surface area contributed by atoms with Crippen LogP contribution in [-0.2, 0) is 16.2 Å². The molecule has 1 fully saturated rings. The number of rotatable bonds is 8. The zero-order valence-electron chi connectivity index (χ0n) is 21.4. The number of aryl methyl sites for hydroxylation is 1. The van der Waals surface area contributed by atoms with E-state index in [0.717, 1.165) is 21.2 Å². The number of amides is 4. The van der Waals surface area contributed by atoms with E-state index in [9.17, 15) is 24.5 Å². The molecule has 4 amide bonds. The summed E-state index contributed by atoms with van der Waals surface area (Å²) in [5.74, 6) is -0.702. The standard InChI is InChI=1S/C30H24N4O6/c1-19-6-11-22(12-7-19)31-28(35)17-33-29(36)26(32-30(33)37)16-25-24-5-3-2-4-21(24)10-15-27(25)40-18-20-8-13-23(14-9-20)34(38)39/h2-16H,17-18H2,1H3,(H,31,35)(H,32,37)/b26-16+. The predicted octanol–water partition coefficient (Wildman–Crippen LogP) is 5.17. The average Bonchev–Trinajstić information content (AvgIpc) is 3.21. The molecule has 200 valence electrons. The number of fused-ring (bicyclic) bond motifs is 1. The molecule has 1 saturated heterocycles. The van der Waals surface area contributed by atoms with Crippen molar-refractivity contribution < 1.29 is 24.0 Å². The number of urea groups is 1. The number of carbonyl (C=O) groups excluding carboxylic acids is 3. The summed E-state index contributed by atoms with van der Waals surface area (Å²) in [6, 6.07) is 23.6. The van der Waals surface area contributed by atoms with Crippen molar-refractivity contribution in [2.45, 2.75) is 13.5 Å². The van der Waals surface area contributed by atoms with Crippen LogP contribution in [0.1, 0.15) is 16.7 Å². The summed E-state index contributed by atoms with van der Waals surface area (Å²) in [5, 5.41) is 17.9. The summed E-state index contributed by atoms with van der Waals surface area (Å²) >= 11 is 0. The van der Waals surface area contributed by atoms with E-state index in [2.05, 4.69) is 10.6 Å². The summed E-state index contributed by atoms with van der Waals surface area (Å²) in [4.78, 5) is 49.7.